The van der Waals surface area contributed by atoms with Crippen LogP contribution in [-0.2, 0) is 14.6 Å². The van der Waals surface area contributed by atoms with E-state index in [4.69, 9.17) is 0 Å². The van der Waals surface area contributed by atoms with Gasteiger partial charge < -0.3 is 5.32 Å². The van der Waals surface area contributed by atoms with Crippen LogP contribution in [0.25, 0.3) is 0 Å². The average molecular weight is 373 g/mol. The molecule has 140 valence electrons. The van der Waals surface area contributed by atoms with Crippen LogP contribution in [0.15, 0.2) is 18.2 Å². The van der Waals surface area contributed by atoms with Crippen LogP contribution >= 0.6 is 0 Å². The summed E-state index contributed by atoms with van der Waals surface area (Å²) in [7, 11) is -4.02. The van der Waals surface area contributed by atoms with Gasteiger partial charge in [0.2, 0.25) is 5.91 Å². The maximum absolute atomic E-state index is 13.8. The van der Waals surface area contributed by atoms with Crippen molar-refractivity contribution < 1.29 is 22.0 Å². The molecule has 1 aliphatic rings. The lowest BCUT2D eigenvalue weighted by Crippen LogP contribution is -2.39. The molecule has 0 saturated heterocycles. The summed E-state index contributed by atoms with van der Waals surface area (Å²) in [5, 5.41) is 1.35. The number of hydrogen-bond donors (Lipinski definition) is 1. The van der Waals surface area contributed by atoms with E-state index < -0.39 is 43.9 Å². The first-order valence-corrected chi connectivity index (χ1v) is 10.5. The fourth-order valence-electron chi connectivity index (χ4n) is 3.26. The number of carbonyl (C=O) groups is 1. The topological polar surface area (TPSA) is 63.2 Å². The lowest BCUT2D eigenvalue weighted by atomic mass is 9.97. The molecule has 2 rings (SSSR count). The van der Waals surface area contributed by atoms with Crippen LogP contribution in [-0.4, -0.2) is 26.1 Å². The standard InChI is InChI=1S/C18H25F2NO3S/c1-13(18-15(19)10-7-11-16(18)20)25(23,24)12-17(22)21-14-8-5-3-2-4-6-9-14/h7,10-11,13-14H,2-6,8-9,12H2,1H3,(H,21,22)/t13-/m1/s1. The number of halogens is 2. The second-order valence-electron chi connectivity index (χ2n) is 6.69. The van der Waals surface area contributed by atoms with Crippen molar-refractivity contribution >= 4 is 15.7 Å². The molecule has 1 amide bonds. The van der Waals surface area contributed by atoms with Gasteiger partial charge in [0.25, 0.3) is 0 Å². The Morgan fingerprint density at radius 1 is 1.12 bits per heavy atom. The van der Waals surface area contributed by atoms with E-state index in [1.165, 1.54) is 19.4 Å². The summed E-state index contributed by atoms with van der Waals surface area (Å²) in [5.41, 5.74) is -0.513. The summed E-state index contributed by atoms with van der Waals surface area (Å²) in [6.45, 7) is 1.21. The maximum atomic E-state index is 13.8. The number of benzene rings is 1. The van der Waals surface area contributed by atoms with E-state index in [0.717, 1.165) is 50.7 Å². The van der Waals surface area contributed by atoms with Gasteiger partial charge in [0.15, 0.2) is 9.84 Å². The third-order valence-electron chi connectivity index (χ3n) is 4.75. The average Bonchev–Trinajstić information content (AvgIpc) is 2.49. The van der Waals surface area contributed by atoms with Crippen molar-refractivity contribution in [2.75, 3.05) is 5.75 Å². The fraction of sp³-hybridized carbons (Fsp3) is 0.611. The Labute approximate surface area is 147 Å². The molecule has 0 heterocycles. The lowest BCUT2D eigenvalue weighted by molar-refractivity contribution is -0.119. The van der Waals surface area contributed by atoms with Gasteiger partial charge in [-0.15, -0.1) is 0 Å². The van der Waals surface area contributed by atoms with Crippen molar-refractivity contribution in [3.8, 4) is 0 Å². The van der Waals surface area contributed by atoms with Crippen molar-refractivity contribution in [1.29, 1.82) is 0 Å². The van der Waals surface area contributed by atoms with Gasteiger partial charge in [-0.2, -0.15) is 0 Å². The van der Waals surface area contributed by atoms with Gasteiger partial charge >= 0.3 is 0 Å². The molecule has 1 saturated carbocycles. The van der Waals surface area contributed by atoms with Gasteiger partial charge in [-0.1, -0.05) is 38.2 Å². The zero-order valence-electron chi connectivity index (χ0n) is 14.4. The van der Waals surface area contributed by atoms with Crippen molar-refractivity contribution in [2.45, 2.75) is 63.2 Å². The van der Waals surface area contributed by atoms with Gasteiger partial charge in [-0.3, -0.25) is 4.79 Å². The molecule has 0 aliphatic heterocycles. The Balaban J connectivity index is 2.03. The molecular weight excluding hydrogens is 348 g/mol. The number of nitrogens with one attached hydrogen (secondary N) is 1. The fourth-order valence-corrected chi connectivity index (χ4v) is 4.54. The molecule has 1 aromatic rings. The molecule has 1 aliphatic carbocycles. The molecule has 1 atom stereocenters. The minimum absolute atomic E-state index is 0.0245. The van der Waals surface area contributed by atoms with Gasteiger partial charge in [-0.05, 0) is 31.9 Å². The van der Waals surface area contributed by atoms with Crippen LogP contribution in [0.1, 0.15) is 62.7 Å². The van der Waals surface area contributed by atoms with Crippen LogP contribution in [0.5, 0.6) is 0 Å². The highest BCUT2D eigenvalue weighted by Gasteiger charge is 2.30. The number of hydrogen-bond acceptors (Lipinski definition) is 3. The molecule has 0 bridgehead atoms. The predicted octanol–water partition coefficient (Wildman–Crippen LogP) is 3.67. The molecular formula is C18H25F2NO3S. The first-order chi connectivity index (χ1) is 11.8. The first kappa shape index (κ1) is 19.8. The van der Waals surface area contributed by atoms with E-state index in [9.17, 15) is 22.0 Å². The summed E-state index contributed by atoms with van der Waals surface area (Å²) in [6, 6.07) is 3.18. The molecule has 0 radical (unpaired) electrons. The quantitative estimate of drug-likeness (QED) is 0.857. The van der Waals surface area contributed by atoms with E-state index in [1.807, 2.05) is 0 Å². The second kappa shape index (κ2) is 8.74. The highest BCUT2D eigenvalue weighted by Crippen LogP contribution is 2.27. The first-order valence-electron chi connectivity index (χ1n) is 8.76. The van der Waals surface area contributed by atoms with E-state index in [0.29, 0.717) is 0 Å². The Kier molecular flexibility index (Phi) is 6.93. The molecule has 7 heteroatoms. The van der Waals surface area contributed by atoms with Crippen LogP contribution in [0.4, 0.5) is 8.78 Å². The molecule has 1 N–H and O–H groups in total. The molecule has 25 heavy (non-hydrogen) atoms. The molecule has 1 fully saturated rings. The SMILES string of the molecule is C[C@H](c1c(F)cccc1F)S(=O)(=O)CC(=O)NC1CCCCCCC1. The van der Waals surface area contributed by atoms with Gasteiger partial charge in [0.05, 0.1) is 5.25 Å². The van der Waals surface area contributed by atoms with Gasteiger partial charge in [0.1, 0.15) is 17.4 Å². The number of carbonyl (C=O) groups excluding carboxylic acids is 1. The van der Waals surface area contributed by atoms with Crippen molar-refractivity contribution in [3.63, 3.8) is 0 Å². The Morgan fingerprint density at radius 2 is 1.64 bits per heavy atom. The van der Waals surface area contributed by atoms with E-state index >= 15 is 0 Å². The maximum Gasteiger partial charge on any atom is 0.235 e. The largest absolute Gasteiger partial charge is 0.352 e. The zero-order valence-corrected chi connectivity index (χ0v) is 15.2. The second-order valence-corrected chi connectivity index (χ2v) is 9.02. The zero-order chi connectivity index (χ0) is 18.4. The minimum atomic E-state index is -4.02. The third kappa shape index (κ3) is 5.49. The minimum Gasteiger partial charge on any atom is -0.352 e. The van der Waals surface area contributed by atoms with E-state index in [1.54, 1.807) is 0 Å². The lowest BCUT2D eigenvalue weighted by Gasteiger charge is -2.21. The molecule has 4 nitrogen and oxygen atoms in total. The smallest absolute Gasteiger partial charge is 0.235 e. The summed E-state index contributed by atoms with van der Waals surface area (Å²) in [6.07, 6.45) is 7.12. The van der Waals surface area contributed by atoms with Crippen molar-refractivity contribution in [2.24, 2.45) is 0 Å². The predicted molar refractivity (Wildman–Crippen MR) is 92.8 cm³/mol. The van der Waals surface area contributed by atoms with Crippen LogP contribution < -0.4 is 5.32 Å². The highest BCUT2D eigenvalue weighted by atomic mass is 32.2. The Morgan fingerprint density at radius 3 is 2.20 bits per heavy atom. The van der Waals surface area contributed by atoms with Crippen LogP contribution in [0, 0.1) is 11.6 Å². The molecule has 1 aromatic carbocycles. The summed E-state index contributed by atoms with van der Waals surface area (Å²) >= 11 is 0. The molecule has 0 spiro atoms. The van der Waals surface area contributed by atoms with Crippen LogP contribution in [0.2, 0.25) is 0 Å². The monoisotopic (exact) mass is 373 g/mol. The van der Waals surface area contributed by atoms with Crippen molar-refractivity contribution in [1.82, 2.24) is 5.32 Å². The van der Waals surface area contributed by atoms with E-state index in [2.05, 4.69) is 5.32 Å². The summed E-state index contributed by atoms with van der Waals surface area (Å²) < 4.78 is 52.5. The Bertz CT molecular complexity index is 678. The number of rotatable bonds is 5. The number of amides is 1. The summed E-state index contributed by atoms with van der Waals surface area (Å²) in [4.78, 5) is 12.2. The molecule has 0 aromatic heterocycles. The van der Waals surface area contributed by atoms with Gasteiger partial charge in [0, 0.05) is 11.6 Å². The Hall–Kier alpha value is -1.50. The van der Waals surface area contributed by atoms with E-state index in [-0.39, 0.29) is 6.04 Å². The molecule has 0 unspecified atom stereocenters. The highest BCUT2D eigenvalue weighted by molar-refractivity contribution is 7.92. The third-order valence-corrected chi connectivity index (χ3v) is 6.73. The summed E-state index contributed by atoms with van der Waals surface area (Å²) in [5.74, 6) is -3.21. The van der Waals surface area contributed by atoms with Crippen LogP contribution in [0.3, 0.4) is 0 Å². The van der Waals surface area contributed by atoms with Gasteiger partial charge in [-0.25, -0.2) is 17.2 Å². The van der Waals surface area contributed by atoms with Crippen molar-refractivity contribution in [3.05, 3.63) is 35.4 Å². The number of sulfone groups is 1. The normalized spacial score (nSPS) is 18.2.